The molecule has 2 saturated heterocycles. The van der Waals surface area contributed by atoms with Gasteiger partial charge in [-0.3, -0.25) is 4.79 Å². The second-order valence-corrected chi connectivity index (χ2v) is 7.50. The van der Waals surface area contributed by atoms with E-state index in [-0.39, 0.29) is 11.9 Å². The van der Waals surface area contributed by atoms with Crippen molar-refractivity contribution in [1.82, 2.24) is 15.6 Å². The van der Waals surface area contributed by atoms with Crippen LogP contribution in [0.2, 0.25) is 0 Å². The van der Waals surface area contributed by atoms with Crippen molar-refractivity contribution < 1.29 is 9.53 Å². The molecule has 3 heterocycles. The summed E-state index contributed by atoms with van der Waals surface area (Å²) in [5.74, 6) is 0.764. The van der Waals surface area contributed by atoms with Crippen LogP contribution in [0.1, 0.15) is 29.6 Å². The molecule has 0 unspecified atom stereocenters. The number of nitrogens with one attached hydrogen (secondary N) is 3. The van der Waals surface area contributed by atoms with E-state index in [0.29, 0.717) is 17.6 Å². The van der Waals surface area contributed by atoms with Crippen LogP contribution in [0.15, 0.2) is 46.3 Å². The number of rotatable bonds is 5. The van der Waals surface area contributed by atoms with Gasteiger partial charge in [-0.1, -0.05) is 11.8 Å². The van der Waals surface area contributed by atoms with Crippen LogP contribution < -0.4 is 15.4 Å². The highest BCUT2D eigenvalue weighted by Gasteiger charge is 2.39. The lowest BCUT2D eigenvalue weighted by Gasteiger charge is -2.21. The van der Waals surface area contributed by atoms with Gasteiger partial charge >= 0.3 is 0 Å². The fraction of sp³-hybridized carbons (Fsp3) is 0.389. The van der Waals surface area contributed by atoms with E-state index in [2.05, 4.69) is 15.6 Å². The summed E-state index contributed by atoms with van der Waals surface area (Å²) in [6.45, 7) is 0. The van der Waals surface area contributed by atoms with Crippen LogP contribution in [-0.4, -0.2) is 36.1 Å². The molecule has 1 amide bonds. The van der Waals surface area contributed by atoms with Gasteiger partial charge in [-0.25, -0.2) is 0 Å². The van der Waals surface area contributed by atoms with E-state index in [1.54, 1.807) is 18.9 Å². The van der Waals surface area contributed by atoms with Crippen molar-refractivity contribution >= 4 is 17.7 Å². The number of hydrogen-bond acceptors (Lipinski definition) is 4. The maximum absolute atomic E-state index is 12.4. The molecule has 0 aliphatic carbocycles. The minimum Gasteiger partial charge on any atom is -0.482 e. The molecule has 4 rings (SSSR count). The lowest BCUT2D eigenvalue weighted by Crippen LogP contribution is -2.42. The molecule has 1 aromatic carbocycles. The second-order valence-electron chi connectivity index (χ2n) is 6.38. The Morgan fingerprint density at radius 1 is 1.21 bits per heavy atom. The van der Waals surface area contributed by atoms with Crippen LogP contribution in [-0.2, 0) is 0 Å². The lowest BCUT2D eigenvalue weighted by atomic mass is 9.95. The molecule has 2 fully saturated rings. The van der Waals surface area contributed by atoms with E-state index in [1.807, 2.05) is 36.4 Å². The molecule has 5 nitrogen and oxygen atoms in total. The van der Waals surface area contributed by atoms with Gasteiger partial charge in [-0.15, -0.1) is 0 Å². The Balaban J connectivity index is 1.37. The highest BCUT2D eigenvalue weighted by molar-refractivity contribution is 7.99. The second kappa shape index (κ2) is 6.53. The molecule has 0 radical (unpaired) electrons. The minimum atomic E-state index is 0.0208. The topological polar surface area (TPSA) is 66.2 Å². The summed E-state index contributed by atoms with van der Waals surface area (Å²) in [4.78, 5) is 16.7. The van der Waals surface area contributed by atoms with Crippen LogP contribution >= 0.6 is 11.8 Å². The molecule has 3 atom stereocenters. The summed E-state index contributed by atoms with van der Waals surface area (Å²) in [6.07, 6.45) is 3.47. The van der Waals surface area contributed by atoms with Gasteiger partial charge in [-0.05, 0) is 49.6 Å². The van der Waals surface area contributed by atoms with Gasteiger partial charge in [0, 0.05) is 34.7 Å². The van der Waals surface area contributed by atoms with Gasteiger partial charge in [0.2, 0.25) is 0 Å². The Labute approximate surface area is 145 Å². The first-order valence-electron chi connectivity index (χ1n) is 8.29. The van der Waals surface area contributed by atoms with Gasteiger partial charge in [0.25, 0.3) is 5.91 Å². The summed E-state index contributed by atoms with van der Waals surface area (Å²) in [5, 5.41) is 7.73. The molecular weight excluding hydrogens is 322 g/mol. The third-order valence-corrected chi connectivity index (χ3v) is 5.78. The minimum absolute atomic E-state index is 0.0208. The van der Waals surface area contributed by atoms with E-state index in [9.17, 15) is 4.79 Å². The van der Waals surface area contributed by atoms with E-state index in [4.69, 9.17) is 4.74 Å². The van der Waals surface area contributed by atoms with Crippen molar-refractivity contribution in [3.8, 4) is 5.88 Å². The monoisotopic (exact) mass is 343 g/mol. The Kier molecular flexibility index (Phi) is 4.24. The fourth-order valence-electron chi connectivity index (χ4n) is 3.57. The van der Waals surface area contributed by atoms with Gasteiger partial charge in [0.15, 0.2) is 5.88 Å². The number of aromatic nitrogens is 1. The zero-order valence-electron chi connectivity index (χ0n) is 13.5. The molecule has 2 bridgehead atoms. The summed E-state index contributed by atoms with van der Waals surface area (Å²) >= 11 is 1.61. The van der Waals surface area contributed by atoms with Crippen LogP contribution in [0.25, 0.3) is 0 Å². The molecule has 3 N–H and O–H groups in total. The van der Waals surface area contributed by atoms with Crippen molar-refractivity contribution in [3.63, 3.8) is 0 Å². The van der Waals surface area contributed by atoms with Crippen molar-refractivity contribution in [2.45, 2.75) is 47.3 Å². The number of benzene rings is 1. The predicted molar refractivity (Wildman–Crippen MR) is 93.7 cm³/mol. The first kappa shape index (κ1) is 15.6. The quantitative estimate of drug-likeness (QED) is 0.781. The molecular formula is C18H21N3O2S. The fourth-order valence-corrected chi connectivity index (χ4v) is 4.39. The Hall–Kier alpha value is -1.92. The first-order chi connectivity index (χ1) is 11.7. The number of methoxy groups -OCH3 is 1. The Morgan fingerprint density at radius 3 is 2.67 bits per heavy atom. The number of fused-ring (bicyclic) bond motifs is 2. The summed E-state index contributed by atoms with van der Waals surface area (Å²) < 4.78 is 5.14. The number of aromatic amines is 1. The molecule has 6 heteroatoms. The Morgan fingerprint density at radius 2 is 2.04 bits per heavy atom. The van der Waals surface area contributed by atoms with Crippen molar-refractivity contribution in [3.05, 3.63) is 42.0 Å². The van der Waals surface area contributed by atoms with E-state index >= 15 is 0 Å². The summed E-state index contributed by atoms with van der Waals surface area (Å²) in [7, 11) is 1.64. The summed E-state index contributed by atoms with van der Waals surface area (Å²) in [5.41, 5.74) is 0.714. The van der Waals surface area contributed by atoms with Gasteiger partial charge < -0.3 is 20.4 Å². The number of hydrogen-bond donors (Lipinski definition) is 3. The van der Waals surface area contributed by atoms with E-state index in [0.717, 1.165) is 22.2 Å². The molecule has 0 saturated carbocycles. The molecule has 2 aliphatic heterocycles. The maximum Gasteiger partial charge on any atom is 0.251 e. The molecule has 126 valence electrons. The first-order valence-corrected chi connectivity index (χ1v) is 9.11. The van der Waals surface area contributed by atoms with E-state index < -0.39 is 0 Å². The SMILES string of the molecule is COc1ccc(Sc2ccc(C(=O)N[C@@H]3C[C@H]4CC[C@@H]3N4)cc2)[nH]1. The van der Waals surface area contributed by atoms with Gasteiger partial charge in [0.1, 0.15) is 0 Å². The number of ether oxygens (including phenoxy) is 1. The van der Waals surface area contributed by atoms with Crippen LogP contribution in [0.4, 0.5) is 0 Å². The van der Waals surface area contributed by atoms with Crippen molar-refractivity contribution in [2.75, 3.05) is 7.11 Å². The maximum atomic E-state index is 12.4. The molecule has 1 aromatic heterocycles. The van der Waals surface area contributed by atoms with Crippen molar-refractivity contribution in [1.29, 1.82) is 0 Å². The number of H-pyrrole nitrogens is 1. The molecule has 2 aromatic rings. The van der Waals surface area contributed by atoms with Gasteiger partial charge in [-0.2, -0.15) is 0 Å². The largest absolute Gasteiger partial charge is 0.482 e. The smallest absolute Gasteiger partial charge is 0.251 e. The molecule has 2 aliphatic rings. The predicted octanol–water partition coefficient (Wildman–Crippen LogP) is 2.80. The third-order valence-electron chi connectivity index (χ3n) is 4.81. The zero-order chi connectivity index (χ0) is 16.5. The standard InChI is InChI=1S/C18H21N3O2S/c1-23-16-8-9-17(21-16)24-13-5-2-11(3-6-13)18(22)20-15-10-12-4-7-14(15)19-12/h2-3,5-6,8-9,12,14-15,19,21H,4,7,10H2,1H3,(H,20,22)/t12-,14+,15-/m1/s1. The van der Waals surface area contributed by atoms with Gasteiger partial charge in [0.05, 0.1) is 12.1 Å². The Bertz CT molecular complexity index is 728. The number of amides is 1. The van der Waals surface area contributed by atoms with E-state index in [1.165, 1.54) is 12.8 Å². The lowest BCUT2D eigenvalue weighted by molar-refractivity contribution is 0.0931. The van der Waals surface area contributed by atoms with Crippen LogP contribution in [0.5, 0.6) is 5.88 Å². The normalized spacial score (nSPS) is 25.0. The molecule has 0 spiro atoms. The highest BCUT2D eigenvalue weighted by Crippen LogP contribution is 2.30. The highest BCUT2D eigenvalue weighted by atomic mass is 32.2. The average molecular weight is 343 g/mol. The van der Waals surface area contributed by atoms with Crippen LogP contribution in [0, 0.1) is 0 Å². The number of carbonyl (C=O) groups is 1. The zero-order valence-corrected chi connectivity index (χ0v) is 14.4. The molecule has 24 heavy (non-hydrogen) atoms. The van der Waals surface area contributed by atoms with Crippen LogP contribution in [0.3, 0.4) is 0 Å². The van der Waals surface area contributed by atoms with Crippen molar-refractivity contribution in [2.24, 2.45) is 0 Å². The number of carbonyl (C=O) groups excluding carboxylic acids is 1. The summed E-state index contributed by atoms with van der Waals surface area (Å²) in [6, 6.07) is 12.9. The average Bonchev–Trinajstić information content (AvgIpc) is 3.32. The third kappa shape index (κ3) is 3.16.